The van der Waals surface area contributed by atoms with Crippen LogP contribution in [0, 0.1) is 0 Å². The van der Waals surface area contributed by atoms with Crippen LogP contribution in [0.25, 0.3) is 11.4 Å². The Hall–Kier alpha value is -1.90. The molecule has 3 heteroatoms. The molecule has 0 aliphatic heterocycles. The number of aromatic nitrogens is 2. The van der Waals surface area contributed by atoms with E-state index >= 15 is 0 Å². The molecule has 0 bridgehead atoms. The molecule has 130 valence electrons. The number of methoxy groups -OCH3 is 1. The number of nitrogens with zero attached hydrogens (tertiary/aromatic N) is 2. The summed E-state index contributed by atoms with van der Waals surface area (Å²) in [6, 6.07) is 7.86. The maximum Gasteiger partial charge on any atom is 0.159 e. The van der Waals surface area contributed by atoms with Crippen LogP contribution in [-0.4, -0.2) is 17.1 Å². The molecular weight excluding hydrogens is 296 g/mol. The lowest BCUT2D eigenvalue weighted by molar-refractivity contribution is 0.415. The first-order valence-electron chi connectivity index (χ1n) is 9.29. The van der Waals surface area contributed by atoms with Gasteiger partial charge in [-0.05, 0) is 42.7 Å². The van der Waals surface area contributed by atoms with Gasteiger partial charge >= 0.3 is 0 Å². The number of benzene rings is 1. The summed E-state index contributed by atoms with van der Waals surface area (Å²) in [5.74, 6) is 1.63. The molecule has 2 rings (SSSR count). The fourth-order valence-electron chi connectivity index (χ4n) is 2.84. The highest BCUT2D eigenvalue weighted by atomic mass is 16.5. The van der Waals surface area contributed by atoms with Gasteiger partial charge in [0.25, 0.3) is 0 Å². The minimum atomic E-state index is 0.775. The molecule has 3 nitrogen and oxygen atoms in total. The van der Waals surface area contributed by atoms with Crippen molar-refractivity contribution < 1.29 is 4.74 Å². The Morgan fingerprint density at radius 3 is 1.96 bits per heavy atom. The van der Waals surface area contributed by atoms with E-state index in [2.05, 4.69) is 16.9 Å². The van der Waals surface area contributed by atoms with Crippen LogP contribution in [0.3, 0.4) is 0 Å². The molecule has 24 heavy (non-hydrogen) atoms. The second-order valence-corrected chi connectivity index (χ2v) is 6.37. The van der Waals surface area contributed by atoms with Gasteiger partial charge in [-0.2, -0.15) is 0 Å². The van der Waals surface area contributed by atoms with Crippen LogP contribution in [0.5, 0.6) is 5.75 Å². The van der Waals surface area contributed by atoms with Crippen LogP contribution in [0.15, 0.2) is 36.7 Å². The summed E-state index contributed by atoms with van der Waals surface area (Å²) >= 11 is 0. The largest absolute Gasteiger partial charge is 0.497 e. The molecule has 0 atom stereocenters. The van der Waals surface area contributed by atoms with Gasteiger partial charge < -0.3 is 4.74 Å². The lowest BCUT2D eigenvalue weighted by Crippen LogP contribution is -1.93. The zero-order valence-corrected chi connectivity index (χ0v) is 15.1. The second kappa shape index (κ2) is 10.8. The monoisotopic (exact) mass is 326 g/mol. The van der Waals surface area contributed by atoms with Gasteiger partial charge in [0.05, 0.1) is 7.11 Å². The molecule has 0 saturated carbocycles. The molecule has 1 heterocycles. The van der Waals surface area contributed by atoms with E-state index in [-0.39, 0.29) is 0 Å². The molecule has 0 aliphatic carbocycles. The molecule has 0 spiro atoms. The Labute approximate surface area is 146 Å². The van der Waals surface area contributed by atoms with Gasteiger partial charge in [0.2, 0.25) is 0 Å². The van der Waals surface area contributed by atoms with Crippen molar-refractivity contribution in [3.63, 3.8) is 0 Å². The lowest BCUT2D eigenvalue weighted by atomic mass is 10.1. The average Bonchev–Trinajstić information content (AvgIpc) is 2.64. The molecule has 0 unspecified atom stereocenters. The van der Waals surface area contributed by atoms with Crippen molar-refractivity contribution in [1.82, 2.24) is 9.97 Å². The first-order valence-corrected chi connectivity index (χ1v) is 9.29. The number of hydrogen-bond acceptors (Lipinski definition) is 3. The molecular formula is C21H30N2O. The summed E-state index contributed by atoms with van der Waals surface area (Å²) < 4.78 is 5.17. The molecule has 1 aromatic heterocycles. The van der Waals surface area contributed by atoms with Gasteiger partial charge in [-0.3, -0.25) is 0 Å². The SMILES string of the molecule is CCCCCCCCCCc1cnc(-c2ccc(OC)cc2)nc1. The first kappa shape index (κ1) is 18.4. The topological polar surface area (TPSA) is 35.0 Å². The molecule has 2 aromatic rings. The van der Waals surface area contributed by atoms with Crippen LogP contribution in [0.1, 0.15) is 63.9 Å². The first-order chi connectivity index (χ1) is 11.8. The third-order valence-electron chi connectivity index (χ3n) is 4.37. The Bertz CT molecular complexity index is 563. The Balaban J connectivity index is 1.70. The van der Waals surface area contributed by atoms with Gasteiger partial charge in [-0.25, -0.2) is 9.97 Å². The number of hydrogen-bond donors (Lipinski definition) is 0. The standard InChI is InChI=1S/C21H30N2O/c1-3-4-5-6-7-8-9-10-11-18-16-22-21(23-17-18)19-12-14-20(24-2)15-13-19/h12-17H,3-11H2,1-2H3. The third kappa shape index (κ3) is 6.31. The van der Waals surface area contributed by atoms with Crippen molar-refractivity contribution >= 4 is 0 Å². The summed E-state index contributed by atoms with van der Waals surface area (Å²) in [5.41, 5.74) is 2.26. The summed E-state index contributed by atoms with van der Waals surface area (Å²) in [6.45, 7) is 2.27. The Morgan fingerprint density at radius 2 is 1.38 bits per heavy atom. The number of rotatable bonds is 11. The van der Waals surface area contributed by atoms with Crippen molar-refractivity contribution in [3.05, 3.63) is 42.2 Å². The number of unbranched alkanes of at least 4 members (excludes halogenated alkanes) is 7. The van der Waals surface area contributed by atoms with Crippen molar-refractivity contribution in [3.8, 4) is 17.1 Å². The third-order valence-corrected chi connectivity index (χ3v) is 4.37. The quantitative estimate of drug-likeness (QED) is 0.487. The normalized spacial score (nSPS) is 10.8. The van der Waals surface area contributed by atoms with Gasteiger partial charge in [-0.1, -0.05) is 51.9 Å². The zero-order valence-electron chi connectivity index (χ0n) is 15.1. The Kier molecular flexibility index (Phi) is 8.29. The fraction of sp³-hybridized carbons (Fsp3) is 0.524. The smallest absolute Gasteiger partial charge is 0.159 e. The zero-order chi connectivity index (χ0) is 17.0. The summed E-state index contributed by atoms with van der Waals surface area (Å²) in [4.78, 5) is 9.00. The molecule has 0 saturated heterocycles. The van der Waals surface area contributed by atoms with Crippen molar-refractivity contribution in [2.45, 2.75) is 64.7 Å². The molecule has 1 aromatic carbocycles. The average molecular weight is 326 g/mol. The molecule has 0 aliphatic rings. The minimum absolute atomic E-state index is 0.775. The van der Waals surface area contributed by atoms with Crippen molar-refractivity contribution in [1.29, 1.82) is 0 Å². The minimum Gasteiger partial charge on any atom is -0.497 e. The number of ether oxygens (including phenoxy) is 1. The van der Waals surface area contributed by atoms with E-state index in [0.29, 0.717) is 0 Å². The molecule has 0 fully saturated rings. The highest BCUT2D eigenvalue weighted by Crippen LogP contribution is 2.19. The van der Waals surface area contributed by atoms with E-state index in [1.54, 1.807) is 7.11 Å². The van der Waals surface area contributed by atoms with Gasteiger partial charge in [0.15, 0.2) is 5.82 Å². The Morgan fingerprint density at radius 1 is 0.792 bits per heavy atom. The summed E-state index contributed by atoms with van der Waals surface area (Å²) in [7, 11) is 1.67. The summed E-state index contributed by atoms with van der Waals surface area (Å²) in [5, 5.41) is 0. The van der Waals surface area contributed by atoms with Gasteiger partial charge in [-0.15, -0.1) is 0 Å². The maximum absolute atomic E-state index is 5.17. The van der Waals surface area contributed by atoms with E-state index in [1.807, 2.05) is 36.7 Å². The number of aryl methyl sites for hydroxylation is 1. The second-order valence-electron chi connectivity index (χ2n) is 6.37. The van der Waals surface area contributed by atoms with E-state index in [1.165, 1.54) is 56.9 Å². The van der Waals surface area contributed by atoms with Crippen molar-refractivity contribution in [2.75, 3.05) is 7.11 Å². The maximum atomic E-state index is 5.17. The van der Waals surface area contributed by atoms with Crippen LogP contribution in [0.2, 0.25) is 0 Å². The van der Waals surface area contributed by atoms with Crippen LogP contribution < -0.4 is 4.74 Å². The van der Waals surface area contributed by atoms with Gasteiger partial charge in [0, 0.05) is 18.0 Å². The van der Waals surface area contributed by atoms with E-state index < -0.39 is 0 Å². The van der Waals surface area contributed by atoms with Crippen LogP contribution in [0.4, 0.5) is 0 Å². The molecule has 0 radical (unpaired) electrons. The predicted octanol–water partition coefficient (Wildman–Crippen LogP) is 5.84. The van der Waals surface area contributed by atoms with Crippen LogP contribution in [-0.2, 0) is 6.42 Å². The van der Waals surface area contributed by atoms with Gasteiger partial charge in [0.1, 0.15) is 5.75 Å². The summed E-state index contributed by atoms with van der Waals surface area (Å²) in [6.07, 6.45) is 15.8. The molecule has 0 amide bonds. The van der Waals surface area contributed by atoms with Crippen LogP contribution >= 0.6 is 0 Å². The lowest BCUT2D eigenvalue weighted by Gasteiger charge is -2.05. The fourth-order valence-corrected chi connectivity index (χ4v) is 2.84. The highest BCUT2D eigenvalue weighted by molar-refractivity contribution is 5.55. The predicted molar refractivity (Wildman–Crippen MR) is 100 cm³/mol. The van der Waals surface area contributed by atoms with E-state index in [0.717, 1.165) is 23.6 Å². The van der Waals surface area contributed by atoms with E-state index in [9.17, 15) is 0 Å². The van der Waals surface area contributed by atoms with E-state index in [4.69, 9.17) is 4.74 Å². The highest BCUT2D eigenvalue weighted by Gasteiger charge is 2.02. The van der Waals surface area contributed by atoms with Crippen molar-refractivity contribution in [2.24, 2.45) is 0 Å². The molecule has 0 N–H and O–H groups in total.